The van der Waals surface area contributed by atoms with Crippen molar-refractivity contribution in [3.8, 4) is 0 Å². The van der Waals surface area contributed by atoms with Crippen LogP contribution in [0.15, 0.2) is 0 Å². The fraction of sp³-hybridized carbons (Fsp3) is 1.00. The Bertz CT molecular complexity index is 236. The number of methoxy groups -OCH3 is 1. The summed E-state index contributed by atoms with van der Waals surface area (Å²) in [6.07, 6.45) is 9.15. The van der Waals surface area contributed by atoms with Gasteiger partial charge in [0, 0.05) is 25.2 Å². The van der Waals surface area contributed by atoms with E-state index in [1.807, 2.05) is 7.11 Å². The van der Waals surface area contributed by atoms with Crippen LogP contribution in [0.25, 0.3) is 0 Å². The molecule has 3 heteroatoms. The summed E-state index contributed by atoms with van der Waals surface area (Å²) in [6.45, 7) is 3.13. The lowest BCUT2D eigenvalue weighted by Gasteiger charge is -2.42. The van der Waals surface area contributed by atoms with E-state index in [4.69, 9.17) is 10.5 Å². The molecule has 100 valence electrons. The third-order valence-corrected chi connectivity index (χ3v) is 4.82. The summed E-state index contributed by atoms with van der Waals surface area (Å²) < 4.78 is 5.45. The quantitative estimate of drug-likeness (QED) is 0.790. The molecule has 2 fully saturated rings. The van der Waals surface area contributed by atoms with Gasteiger partial charge >= 0.3 is 0 Å². The first-order valence-corrected chi connectivity index (χ1v) is 7.18. The van der Waals surface area contributed by atoms with E-state index in [1.165, 1.54) is 32.1 Å². The number of hydrogen-bond acceptors (Lipinski definition) is 3. The van der Waals surface area contributed by atoms with Crippen molar-refractivity contribution in [2.45, 2.75) is 69.6 Å². The van der Waals surface area contributed by atoms with E-state index in [0.29, 0.717) is 12.1 Å². The van der Waals surface area contributed by atoms with Crippen LogP contribution in [0.5, 0.6) is 0 Å². The molecule has 2 aliphatic rings. The van der Waals surface area contributed by atoms with Crippen LogP contribution in [-0.4, -0.2) is 31.3 Å². The molecule has 2 aliphatic carbocycles. The standard InChI is InChI=1S/C14H28N2O/c1-11-3-4-12(9-11)16-14(10-15)7-5-13(17-2)6-8-14/h11-13,16H,3-10,15H2,1-2H3. The van der Waals surface area contributed by atoms with Gasteiger partial charge in [0.15, 0.2) is 0 Å². The van der Waals surface area contributed by atoms with Crippen molar-refractivity contribution >= 4 is 0 Å². The third-order valence-electron chi connectivity index (χ3n) is 4.82. The van der Waals surface area contributed by atoms with Gasteiger partial charge in [0.1, 0.15) is 0 Å². The van der Waals surface area contributed by atoms with Gasteiger partial charge < -0.3 is 15.8 Å². The van der Waals surface area contributed by atoms with Crippen LogP contribution >= 0.6 is 0 Å². The molecule has 0 aliphatic heterocycles. The van der Waals surface area contributed by atoms with Crippen LogP contribution in [0.1, 0.15) is 51.9 Å². The summed E-state index contributed by atoms with van der Waals surface area (Å²) in [5.41, 5.74) is 6.23. The molecule has 0 aromatic carbocycles. The first-order valence-electron chi connectivity index (χ1n) is 7.18. The van der Waals surface area contributed by atoms with Gasteiger partial charge in [0.05, 0.1) is 6.10 Å². The van der Waals surface area contributed by atoms with E-state index < -0.39 is 0 Å². The second kappa shape index (κ2) is 5.68. The average Bonchev–Trinajstić information content (AvgIpc) is 2.75. The molecule has 2 atom stereocenters. The van der Waals surface area contributed by atoms with E-state index in [0.717, 1.165) is 25.3 Å². The summed E-state index contributed by atoms with van der Waals surface area (Å²) in [7, 11) is 1.83. The fourth-order valence-electron chi connectivity index (χ4n) is 3.56. The molecule has 0 amide bonds. The summed E-state index contributed by atoms with van der Waals surface area (Å²) in [5.74, 6) is 0.887. The molecule has 0 bridgehead atoms. The van der Waals surface area contributed by atoms with Gasteiger partial charge in [0.25, 0.3) is 0 Å². The molecule has 3 nitrogen and oxygen atoms in total. The molecule has 0 radical (unpaired) electrons. The molecule has 0 saturated heterocycles. The highest BCUT2D eigenvalue weighted by Gasteiger charge is 2.37. The van der Waals surface area contributed by atoms with Crippen LogP contribution in [-0.2, 0) is 4.74 Å². The van der Waals surface area contributed by atoms with Crippen molar-refractivity contribution in [1.82, 2.24) is 5.32 Å². The van der Waals surface area contributed by atoms with Crippen molar-refractivity contribution in [2.75, 3.05) is 13.7 Å². The molecule has 3 N–H and O–H groups in total. The SMILES string of the molecule is COC1CCC(CN)(NC2CCC(C)C2)CC1. The Morgan fingerprint density at radius 1 is 1.24 bits per heavy atom. The van der Waals surface area contributed by atoms with Gasteiger partial charge in [-0.3, -0.25) is 0 Å². The van der Waals surface area contributed by atoms with Gasteiger partial charge in [0.2, 0.25) is 0 Å². The number of hydrogen-bond donors (Lipinski definition) is 2. The Morgan fingerprint density at radius 2 is 1.94 bits per heavy atom. The van der Waals surface area contributed by atoms with E-state index in [9.17, 15) is 0 Å². The Hall–Kier alpha value is -0.120. The number of rotatable bonds is 4. The summed E-state index contributed by atoms with van der Waals surface area (Å²) in [4.78, 5) is 0. The van der Waals surface area contributed by atoms with E-state index in [-0.39, 0.29) is 5.54 Å². The first kappa shape index (κ1) is 13.3. The normalized spacial score (nSPS) is 42.9. The molecule has 0 heterocycles. The highest BCUT2D eigenvalue weighted by Crippen LogP contribution is 2.33. The molecule has 2 rings (SSSR count). The minimum absolute atomic E-state index is 0.198. The molecule has 2 unspecified atom stereocenters. The van der Waals surface area contributed by atoms with Crippen molar-refractivity contribution in [3.63, 3.8) is 0 Å². The lowest BCUT2D eigenvalue weighted by Crippen LogP contribution is -2.57. The summed E-state index contributed by atoms with van der Waals surface area (Å²) >= 11 is 0. The van der Waals surface area contributed by atoms with E-state index >= 15 is 0 Å². The maximum atomic E-state index is 6.03. The van der Waals surface area contributed by atoms with Crippen LogP contribution < -0.4 is 11.1 Å². The third kappa shape index (κ3) is 3.21. The topological polar surface area (TPSA) is 47.3 Å². The zero-order valence-electron chi connectivity index (χ0n) is 11.4. The molecule has 0 aromatic heterocycles. The van der Waals surface area contributed by atoms with Crippen molar-refractivity contribution < 1.29 is 4.74 Å². The van der Waals surface area contributed by atoms with Crippen molar-refractivity contribution in [2.24, 2.45) is 11.7 Å². The average molecular weight is 240 g/mol. The maximum absolute atomic E-state index is 6.03. The van der Waals surface area contributed by atoms with Crippen molar-refractivity contribution in [1.29, 1.82) is 0 Å². The van der Waals surface area contributed by atoms with Gasteiger partial charge in [-0.1, -0.05) is 6.92 Å². The summed E-state index contributed by atoms with van der Waals surface area (Å²) in [5, 5.41) is 3.88. The molecular formula is C14H28N2O. The highest BCUT2D eigenvalue weighted by atomic mass is 16.5. The van der Waals surface area contributed by atoms with Gasteiger partial charge in [-0.2, -0.15) is 0 Å². The molecule has 17 heavy (non-hydrogen) atoms. The number of ether oxygens (including phenoxy) is 1. The zero-order chi connectivity index (χ0) is 12.3. The van der Waals surface area contributed by atoms with Crippen LogP contribution in [0.2, 0.25) is 0 Å². The van der Waals surface area contributed by atoms with Gasteiger partial charge in [-0.15, -0.1) is 0 Å². The van der Waals surface area contributed by atoms with Crippen LogP contribution in [0.4, 0.5) is 0 Å². The van der Waals surface area contributed by atoms with Crippen LogP contribution in [0.3, 0.4) is 0 Å². The molecule has 2 saturated carbocycles. The predicted molar refractivity (Wildman–Crippen MR) is 71.0 cm³/mol. The number of nitrogens with two attached hydrogens (primary N) is 1. The smallest absolute Gasteiger partial charge is 0.0572 e. The minimum Gasteiger partial charge on any atom is -0.381 e. The summed E-state index contributed by atoms with van der Waals surface area (Å²) in [6, 6.07) is 0.702. The lowest BCUT2D eigenvalue weighted by atomic mass is 9.79. The maximum Gasteiger partial charge on any atom is 0.0572 e. The molecular weight excluding hydrogens is 212 g/mol. The Labute approximate surface area is 105 Å². The second-order valence-corrected chi connectivity index (χ2v) is 6.18. The largest absolute Gasteiger partial charge is 0.381 e. The van der Waals surface area contributed by atoms with E-state index in [1.54, 1.807) is 0 Å². The molecule has 0 aromatic rings. The van der Waals surface area contributed by atoms with Crippen molar-refractivity contribution in [3.05, 3.63) is 0 Å². The first-order chi connectivity index (χ1) is 8.17. The van der Waals surface area contributed by atoms with E-state index in [2.05, 4.69) is 12.2 Å². The Kier molecular flexibility index (Phi) is 4.45. The lowest BCUT2D eigenvalue weighted by molar-refractivity contribution is 0.0402. The zero-order valence-corrected chi connectivity index (χ0v) is 11.4. The van der Waals surface area contributed by atoms with Gasteiger partial charge in [-0.25, -0.2) is 0 Å². The second-order valence-electron chi connectivity index (χ2n) is 6.18. The monoisotopic (exact) mass is 240 g/mol. The fourth-order valence-corrected chi connectivity index (χ4v) is 3.56. The predicted octanol–water partition coefficient (Wildman–Crippen LogP) is 2.05. The number of nitrogens with one attached hydrogen (secondary N) is 1. The van der Waals surface area contributed by atoms with Gasteiger partial charge in [-0.05, 0) is 50.9 Å². The Morgan fingerprint density at radius 3 is 2.41 bits per heavy atom. The highest BCUT2D eigenvalue weighted by molar-refractivity contribution is 4.97. The Balaban J connectivity index is 1.87. The molecule has 0 spiro atoms. The van der Waals surface area contributed by atoms with Crippen LogP contribution in [0, 0.1) is 5.92 Å². The minimum atomic E-state index is 0.198.